The molecule has 1 amide bonds. The summed E-state index contributed by atoms with van der Waals surface area (Å²) < 4.78 is 0. The third-order valence-electron chi connectivity index (χ3n) is 4.13. The second-order valence-corrected chi connectivity index (χ2v) is 7.18. The fourth-order valence-corrected chi connectivity index (χ4v) is 2.85. The van der Waals surface area contributed by atoms with E-state index in [1.54, 1.807) is 0 Å². The smallest absolute Gasteiger partial charge is 0.227 e. The molecule has 1 aliphatic heterocycles. The molecule has 18 heavy (non-hydrogen) atoms. The molecule has 2 nitrogen and oxygen atoms in total. The second-order valence-electron chi connectivity index (χ2n) is 7.18. The van der Waals surface area contributed by atoms with Crippen LogP contribution in [0.3, 0.4) is 0 Å². The molecule has 0 spiro atoms. The zero-order valence-electron chi connectivity index (χ0n) is 13.0. The Morgan fingerprint density at radius 1 is 1.06 bits per heavy atom. The maximum Gasteiger partial charge on any atom is 0.227 e. The van der Waals surface area contributed by atoms with E-state index in [0.29, 0.717) is 5.91 Å². The van der Waals surface area contributed by atoms with Crippen molar-refractivity contribution in [2.75, 3.05) is 13.1 Å². The maximum atomic E-state index is 12.3. The van der Waals surface area contributed by atoms with Gasteiger partial charge in [-0.2, -0.15) is 0 Å². The summed E-state index contributed by atoms with van der Waals surface area (Å²) in [6.45, 7) is 12.7. The van der Waals surface area contributed by atoms with Crippen LogP contribution in [0.25, 0.3) is 0 Å². The molecule has 0 radical (unpaired) electrons. The number of carbonyl (C=O) groups excluding carboxylic acids is 1. The Balaban J connectivity index is 2.57. The van der Waals surface area contributed by atoms with Gasteiger partial charge < -0.3 is 4.90 Å². The largest absolute Gasteiger partial charge is 0.342 e. The number of amides is 1. The minimum Gasteiger partial charge on any atom is -0.342 e. The van der Waals surface area contributed by atoms with E-state index >= 15 is 0 Å². The molecular weight excluding hydrogens is 222 g/mol. The third-order valence-corrected chi connectivity index (χ3v) is 4.13. The average molecular weight is 253 g/mol. The Morgan fingerprint density at radius 2 is 1.61 bits per heavy atom. The quantitative estimate of drug-likeness (QED) is 0.689. The van der Waals surface area contributed by atoms with E-state index in [9.17, 15) is 4.79 Å². The number of carbonyl (C=O) groups is 1. The van der Waals surface area contributed by atoms with Crippen molar-refractivity contribution in [3.63, 3.8) is 0 Å². The standard InChI is InChI=1S/C16H31NO/c1-13(2)14-9-6-7-11-17(12-8-10-14)15(18)16(3,4)5/h13-14H,6-12H2,1-5H3. The lowest BCUT2D eigenvalue weighted by Crippen LogP contribution is -2.40. The summed E-state index contributed by atoms with van der Waals surface area (Å²) in [6.07, 6.45) is 6.24. The van der Waals surface area contributed by atoms with Gasteiger partial charge in [0.2, 0.25) is 5.91 Å². The van der Waals surface area contributed by atoms with Crippen LogP contribution in [-0.2, 0) is 4.79 Å². The Kier molecular flexibility index (Phi) is 5.68. The monoisotopic (exact) mass is 253 g/mol. The highest BCUT2D eigenvalue weighted by Gasteiger charge is 2.27. The van der Waals surface area contributed by atoms with E-state index in [1.165, 1.54) is 32.1 Å². The second kappa shape index (κ2) is 6.58. The minimum absolute atomic E-state index is 0.231. The van der Waals surface area contributed by atoms with Gasteiger partial charge in [-0.3, -0.25) is 4.79 Å². The van der Waals surface area contributed by atoms with Crippen molar-refractivity contribution in [1.82, 2.24) is 4.90 Å². The molecule has 0 bridgehead atoms. The maximum absolute atomic E-state index is 12.3. The van der Waals surface area contributed by atoms with E-state index in [1.807, 2.05) is 20.8 Å². The van der Waals surface area contributed by atoms with Crippen molar-refractivity contribution in [3.8, 4) is 0 Å². The zero-order valence-corrected chi connectivity index (χ0v) is 13.0. The van der Waals surface area contributed by atoms with E-state index in [-0.39, 0.29) is 5.41 Å². The fourth-order valence-electron chi connectivity index (χ4n) is 2.85. The van der Waals surface area contributed by atoms with Crippen LogP contribution in [0.2, 0.25) is 0 Å². The van der Waals surface area contributed by atoms with Crippen molar-refractivity contribution in [3.05, 3.63) is 0 Å². The molecule has 1 unspecified atom stereocenters. The first-order chi connectivity index (χ1) is 8.32. The van der Waals surface area contributed by atoms with Crippen LogP contribution in [0.15, 0.2) is 0 Å². The highest BCUT2D eigenvalue weighted by molar-refractivity contribution is 5.81. The van der Waals surface area contributed by atoms with Crippen molar-refractivity contribution in [2.45, 2.75) is 66.7 Å². The van der Waals surface area contributed by atoms with Gasteiger partial charge in [0, 0.05) is 18.5 Å². The van der Waals surface area contributed by atoms with Crippen molar-refractivity contribution in [1.29, 1.82) is 0 Å². The van der Waals surface area contributed by atoms with E-state index in [2.05, 4.69) is 18.7 Å². The molecule has 0 N–H and O–H groups in total. The lowest BCUT2D eigenvalue weighted by atomic mass is 9.87. The normalized spacial score (nSPS) is 23.4. The minimum atomic E-state index is -0.231. The van der Waals surface area contributed by atoms with Crippen LogP contribution < -0.4 is 0 Å². The van der Waals surface area contributed by atoms with Gasteiger partial charge >= 0.3 is 0 Å². The molecule has 2 heteroatoms. The highest BCUT2D eigenvalue weighted by atomic mass is 16.2. The van der Waals surface area contributed by atoms with Gasteiger partial charge in [-0.1, -0.05) is 47.5 Å². The van der Waals surface area contributed by atoms with Crippen LogP contribution >= 0.6 is 0 Å². The summed E-state index contributed by atoms with van der Waals surface area (Å²) in [5.41, 5.74) is -0.231. The van der Waals surface area contributed by atoms with E-state index in [0.717, 1.165) is 24.9 Å². The van der Waals surface area contributed by atoms with Gasteiger partial charge in [0.15, 0.2) is 0 Å². The first-order valence-corrected chi connectivity index (χ1v) is 7.61. The van der Waals surface area contributed by atoms with Gasteiger partial charge in [-0.25, -0.2) is 0 Å². The lowest BCUT2D eigenvalue weighted by molar-refractivity contribution is -0.139. The van der Waals surface area contributed by atoms with Crippen LogP contribution in [0, 0.1) is 17.3 Å². The average Bonchev–Trinajstić information content (AvgIpc) is 2.37. The van der Waals surface area contributed by atoms with Gasteiger partial charge in [0.1, 0.15) is 0 Å². The number of hydrogen-bond donors (Lipinski definition) is 0. The van der Waals surface area contributed by atoms with Crippen molar-refractivity contribution >= 4 is 5.91 Å². The lowest BCUT2D eigenvalue weighted by Gasteiger charge is -2.29. The molecule has 106 valence electrons. The molecular formula is C16H31NO. The number of rotatable bonds is 1. The summed E-state index contributed by atoms with van der Waals surface area (Å²) in [4.78, 5) is 14.4. The Labute approximate surface area is 113 Å². The van der Waals surface area contributed by atoms with Crippen LogP contribution in [0.5, 0.6) is 0 Å². The number of nitrogens with zero attached hydrogens (tertiary/aromatic N) is 1. The van der Waals surface area contributed by atoms with Crippen molar-refractivity contribution < 1.29 is 4.79 Å². The molecule has 1 aliphatic rings. The van der Waals surface area contributed by atoms with E-state index in [4.69, 9.17) is 0 Å². The molecule has 1 atom stereocenters. The van der Waals surface area contributed by atoms with Crippen LogP contribution in [0.4, 0.5) is 0 Å². The highest BCUT2D eigenvalue weighted by Crippen LogP contribution is 2.26. The van der Waals surface area contributed by atoms with Gasteiger partial charge in [-0.05, 0) is 31.1 Å². The molecule has 0 aromatic carbocycles. The van der Waals surface area contributed by atoms with Gasteiger partial charge in [0.25, 0.3) is 0 Å². The van der Waals surface area contributed by atoms with Crippen molar-refractivity contribution in [2.24, 2.45) is 17.3 Å². The summed E-state index contributed by atoms with van der Waals surface area (Å²) in [7, 11) is 0. The molecule has 1 fully saturated rings. The van der Waals surface area contributed by atoms with E-state index < -0.39 is 0 Å². The van der Waals surface area contributed by atoms with Crippen LogP contribution in [0.1, 0.15) is 66.7 Å². The molecule has 1 heterocycles. The zero-order chi connectivity index (χ0) is 13.8. The summed E-state index contributed by atoms with van der Waals surface area (Å²) in [6, 6.07) is 0. The van der Waals surface area contributed by atoms with Gasteiger partial charge in [-0.15, -0.1) is 0 Å². The first kappa shape index (κ1) is 15.5. The summed E-state index contributed by atoms with van der Waals surface area (Å²) >= 11 is 0. The molecule has 1 rings (SSSR count). The molecule has 0 saturated carbocycles. The predicted molar refractivity (Wildman–Crippen MR) is 77.4 cm³/mol. The first-order valence-electron chi connectivity index (χ1n) is 7.61. The molecule has 0 aromatic rings. The Hall–Kier alpha value is -0.530. The Bertz CT molecular complexity index is 265. The number of hydrogen-bond acceptors (Lipinski definition) is 1. The predicted octanol–water partition coefficient (Wildman–Crippen LogP) is 4.10. The SMILES string of the molecule is CC(C)C1CCCCN(C(=O)C(C)(C)C)CCC1. The third kappa shape index (κ3) is 4.62. The van der Waals surface area contributed by atoms with Crippen LogP contribution in [-0.4, -0.2) is 23.9 Å². The molecule has 0 aliphatic carbocycles. The topological polar surface area (TPSA) is 20.3 Å². The Morgan fingerprint density at radius 3 is 2.17 bits per heavy atom. The summed E-state index contributed by atoms with van der Waals surface area (Å²) in [5.74, 6) is 1.97. The molecule has 1 saturated heterocycles. The summed E-state index contributed by atoms with van der Waals surface area (Å²) in [5, 5.41) is 0. The van der Waals surface area contributed by atoms with Gasteiger partial charge in [0.05, 0.1) is 0 Å². The fraction of sp³-hybridized carbons (Fsp3) is 0.938. The molecule has 0 aromatic heterocycles.